The smallest absolute Gasteiger partial charge is 0.275 e. The second kappa shape index (κ2) is 7.76. The van der Waals surface area contributed by atoms with Crippen molar-refractivity contribution in [3.8, 4) is 5.75 Å². The van der Waals surface area contributed by atoms with Crippen LogP contribution in [-0.2, 0) is 0 Å². The number of rotatable bonds is 5. The molecule has 6 nitrogen and oxygen atoms in total. The molecule has 0 radical (unpaired) electrons. The Morgan fingerprint density at radius 2 is 1.92 bits per heavy atom. The first-order valence-electron chi connectivity index (χ1n) is 7.45. The summed E-state index contributed by atoms with van der Waals surface area (Å²) in [7, 11) is 1.55. The summed E-state index contributed by atoms with van der Waals surface area (Å²) >= 11 is 3.41. The van der Waals surface area contributed by atoms with Crippen LogP contribution in [0.5, 0.6) is 5.75 Å². The first kappa shape index (κ1) is 16.9. The quantitative estimate of drug-likeness (QED) is 0.671. The average Bonchev–Trinajstić information content (AvgIpc) is 2.63. The lowest BCUT2D eigenvalue weighted by Gasteiger charge is -2.10. The number of anilines is 3. The molecule has 0 atom stereocenters. The van der Waals surface area contributed by atoms with Gasteiger partial charge in [0, 0.05) is 10.2 Å². The Hall–Kier alpha value is -2.93. The van der Waals surface area contributed by atoms with Gasteiger partial charge < -0.3 is 15.4 Å². The van der Waals surface area contributed by atoms with Gasteiger partial charge in [0.1, 0.15) is 17.3 Å². The molecule has 0 saturated carbocycles. The number of aromatic nitrogens is 2. The number of hydrogen-bond donors (Lipinski definition) is 2. The van der Waals surface area contributed by atoms with Gasteiger partial charge in [-0.2, -0.15) is 0 Å². The van der Waals surface area contributed by atoms with Crippen LogP contribution in [0.2, 0.25) is 0 Å². The summed E-state index contributed by atoms with van der Waals surface area (Å²) in [6.45, 7) is 0. The molecule has 0 aliphatic rings. The molecule has 1 aromatic heterocycles. The zero-order valence-electron chi connectivity index (χ0n) is 13.4. The summed E-state index contributed by atoms with van der Waals surface area (Å²) in [4.78, 5) is 20.7. The Morgan fingerprint density at radius 1 is 1.08 bits per heavy atom. The Balaban J connectivity index is 1.70. The SMILES string of the molecule is COc1ccccc1NC(=O)c1cnc(Nc2cccc(Br)c2)cn1. The van der Waals surface area contributed by atoms with Crippen molar-refractivity contribution in [1.29, 1.82) is 0 Å². The Bertz CT molecular complexity index is 884. The van der Waals surface area contributed by atoms with Gasteiger partial charge in [0.25, 0.3) is 5.91 Å². The first-order valence-corrected chi connectivity index (χ1v) is 8.24. The van der Waals surface area contributed by atoms with Gasteiger partial charge in [0.05, 0.1) is 25.2 Å². The van der Waals surface area contributed by atoms with Gasteiger partial charge in [-0.15, -0.1) is 0 Å². The monoisotopic (exact) mass is 398 g/mol. The van der Waals surface area contributed by atoms with Crippen LogP contribution in [0, 0.1) is 0 Å². The molecule has 126 valence electrons. The van der Waals surface area contributed by atoms with Crippen LogP contribution in [0.1, 0.15) is 10.5 Å². The zero-order chi connectivity index (χ0) is 17.6. The predicted octanol–water partition coefficient (Wildman–Crippen LogP) is 4.24. The van der Waals surface area contributed by atoms with Gasteiger partial charge in [-0.3, -0.25) is 4.79 Å². The standard InChI is InChI=1S/C18H15BrN4O2/c1-25-16-8-3-2-7-14(16)23-18(24)15-10-21-17(11-20-15)22-13-6-4-5-12(19)9-13/h2-11H,1H3,(H,21,22)(H,23,24). The van der Waals surface area contributed by atoms with Gasteiger partial charge in [0.2, 0.25) is 0 Å². The summed E-state index contributed by atoms with van der Waals surface area (Å²) in [6.07, 6.45) is 2.93. The van der Waals surface area contributed by atoms with Gasteiger partial charge in [-0.1, -0.05) is 34.1 Å². The maximum atomic E-state index is 12.3. The number of methoxy groups -OCH3 is 1. The lowest BCUT2D eigenvalue weighted by Crippen LogP contribution is -2.14. The fraction of sp³-hybridized carbons (Fsp3) is 0.0556. The van der Waals surface area contributed by atoms with Crippen LogP contribution in [-0.4, -0.2) is 23.0 Å². The van der Waals surface area contributed by atoms with Gasteiger partial charge >= 0.3 is 0 Å². The second-order valence-electron chi connectivity index (χ2n) is 5.08. The van der Waals surface area contributed by atoms with Crippen molar-refractivity contribution in [2.45, 2.75) is 0 Å². The Morgan fingerprint density at radius 3 is 2.64 bits per heavy atom. The molecule has 1 amide bonds. The van der Waals surface area contributed by atoms with E-state index in [1.807, 2.05) is 36.4 Å². The largest absolute Gasteiger partial charge is 0.495 e. The van der Waals surface area contributed by atoms with E-state index in [9.17, 15) is 4.79 Å². The number of amides is 1. The number of para-hydroxylation sites is 2. The van der Waals surface area contributed by atoms with Crippen molar-refractivity contribution in [2.24, 2.45) is 0 Å². The highest BCUT2D eigenvalue weighted by Gasteiger charge is 2.11. The van der Waals surface area contributed by atoms with Crippen molar-refractivity contribution >= 4 is 39.0 Å². The molecule has 0 fully saturated rings. The van der Waals surface area contributed by atoms with Crippen molar-refractivity contribution in [3.63, 3.8) is 0 Å². The first-order chi connectivity index (χ1) is 12.2. The molecule has 25 heavy (non-hydrogen) atoms. The number of carbonyl (C=O) groups is 1. The molecule has 0 spiro atoms. The maximum Gasteiger partial charge on any atom is 0.275 e. The van der Waals surface area contributed by atoms with Gasteiger partial charge in [0.15, 0.2) is 0 Å². The van der Waals surface area contributed by atoms with E-state index < -0.39 is 0 Å². The maximum absolute atomic E-state index is 12.3. The van der Waals surface area contributed by atoms with Crippen LogP contribution in [0.15, 0.2) is 65.4 Å². The van der Waals surface area contributed by atoms with E-state index in [0.717, 1.165) is 10.2 Å². The van der Waals surface area contributed by atoms with Crippen LogP contribution < -0.4 is 15.4 Å². The van der Waals surface area contributed by atoms with Crippen molar-refractivity contribution in [2.75, 3.05) is 17.7 Å². The molecule has 0 aliphatic carbocycles. The molecule has 1 heterocycles. The zero-order valence-corrected chi connectivity index (χ0v) is 14.9. The van der Waals surface area contributed by atoms with Crippen LogP contribution >= 0.6 is 15.9 Å². The van der Waals surface area contributed by atoms with E-state index in [2.05, 4.69) is 36.5 Å². The van der Waals surface area contributed by atoms with Crippen molar-refractivity contribution in [3.05, 3.63) is 71.1 Å². The summed E-state index contributed by atoms with van der Waals surface area (Å²) in [5.41, 5.74) is 1.66. The van der Waals surface area contributed by atoms with Crippen molar-refractivity contribution in [1.82, 2.24) is 9.97 Å². The third-order valence-electron chi connectivity index (χ3n) is 3.34. The van der Waals surface area contributed by atoms with E-state index in [1.54, 1.807) is 19.2 Å². The highest BCUT2D eigenvalue weighted by atomic mass is 79.9. The highest BCUT2D eigenvalue weighted by Crippen LogP contribution is 2.23. The van der Waals surface area contributed by atoms with E-state index in [1.165, 1.54) is 12.4 Å². The topological polar surface area (TPSA) is 76.1 Å². The molecular formula is C18H15BrN4O2. The third kappa shape index (κ3) is 4.33. The van der Waals surface area contributed by atoms with Crippen LogP contribution in [0.3, 0.4) is 0 Å². The van der Waals surface area contributed by atoms with Crippen LogP contribution in [0.25, 0.3) is 0 Å². The lowest BCUT2D eigenvalue weighted by molar-refractivity contribution is 0.102. The molecule has 3 rings (SSSR count). The summed E-state index contributed by atoms with van der Waals surface area (Å²) in [6, 6.07) is 14.8. The molecule has 0 unspecified atom stereocenters. The Labute approximate surface area is 153 Å². The van der Waals surface area contributed by atoms with Crippen molar-refractivity contribution < 1.29 is 9.53 Å². The van der Waals surface area contributed by atoms with E-state index in [4.69, 9.17) is 4.74 Å². The van der Waals surface area contributed by atoms with E-state index in [0.29, 0.717) is 17.3 Å². The van der Waals surface area contributed by atoms with E-state index >= 15 is 0 Å². The molecule has 0 aliphatic heterocycles. The number of hydrogen-bond acceptors (Lipinski definition) is 5. The summed E-state index contributed by atoms with van der Waals surface area (Å²) in [5.74, 6) is 0.773. The molecule has 2 aromatic carbocycles. The fourth-order valence-corrected chi connectivity index (χ4v) is 2.56. The average molecular weight is 399 g/mol. The number of carbonyl (C=O) groups excluding carboxylic acids is 1. The number of halogens is 1. The predicted molar refractivity (Wildman–Crippen MR) is 100 cm³/mol. The minimum absolute atomic E-state index is 0.214. The minimum Gasteiger partial charge on any atom is -0.495 e. The number of nitrogens with zero attached hydrogens (tertiary/aromatic N) is 2. The lowest BCUT2D eigenvalue weighted by atomic mass is 10.3. The third-order valence-corrected chi connectivity index (χ3v) is 3.83. The molecule has 0 saturated heterocycles. The summed E-state index contributed by atoms with van der Waals surface area (Å²) in [5, 5.41) is 5.88. The van der Waals surface area contributed by atoms with Gasteiger partial charge in [-0.25, -0.2) is 9.97 Å². The molecule has 2 N–H and O–H groups in total. The molecule has 3 aromatic rings. The normalized spacial score (nSPS) is 10.2. The molecule has 7 heteroatoms. The second-order valence-corrected chi connectivity index (χ2v) is 5.99. The number of ether oxygens (including phenoxy) is 1. The highest BCUT2D eigenvalue weighted by molar-refractivity contribution is 9.10. The van der Waals surface area contributed by atoms with Gasteiger partial charge in [-0.05, 0) is 30.3 Å². The fourth-order valence-electron chi connectivity index (χ4n) is 2.16. The molecule has 0 bridgehead atoms. The minimum atomic E-state index is -0.356. The Kier molecular flexibility index (Phi) is 5.25. The van der Waals surface area contributed by atoms with E-state index in [-0.39, 0.29) is 11.6 Å². The number of benzene rings is 2. The summed E-state index contributed by atoms with van der Waals surface area (Å²) < 4.78 is 6.17. The van der Waals surface area contributed by atoms with Crippen LogP contribution in [0.4, 0.5) is 17.2 Å². The molecular weight excluding hydrogens is 384 g/mol. The number of nitrogens with one attached hydrogen (secondary N) is 2.